The molecule has 256 valence electrons. The third kappa shape index (κ3) is 5.60. The lowest BCUT2D eigenvalue weighted by molar-refractivity contribution is -0.142. The van der Waals surface area contributed by atoms with E-state index in [1.807, 2.05) is 87.5 Å². The molecule has 4 aliphatic rings. The van der Waals surface area contributed by atoms with Crippen LogP contribution in [-0.4, -0.2) is 89.2 Å². The summed E-state index contributed by atoms with van der Waals surface area (Å²) in [6.45, 7) is 13.0. The van der Waals surface area contributed by atoms with Gasteiger partial charge in [-0.1, -0.05) is 44.6 Å². The highest BCUT2D eigenvalue weighted by Crippen LogP contribution is 2.62. The van der Waals surface area contributed by atoms with E-state index in [9.17, 15) is 19.5 Å². The highest BCUT2D eigenvalue weighted by atomic mass is 32.2. The van der Waals surface area contributed by atoms with Gasteiger partial charge in [0.05, 0.1) is 35.8 Å². The molecule has 0 saturated carbocycles. The van der Waals surface area contributed by atoms with E-state index in [2.05, 4.69) is 24.8 Å². The molecule has 10 heteroatoms. The number of rotatable bonds is 11. The molecule has 2 fully saturated rings. The Hall–Kier alpha value is -3.76. The summed E-state index contributed by atoms with van der Waals surface area (Å²) >= 11 is 1.56. The number of hydrogen-bond donors (Lipinski definition) is 1. The second-order valence-electron chi connectivity index (χ2n) is 13.1. The molecule has 2 aromatic rings. The highest BCUT2D eigenvalue weighted by Gasteiger charge is 2.72. The second-order valence-corrected chi connectivity index (χ2v) is 14.6. The Morgan fingerprint density at radius 2 is 1.52 bits per heavy atom. The number of aliphatic hydroxyl groups excluding tert-OH is 1. The van der Waals surface area contributed by atoms with Crippen LogP contribution in [0.25, 0.3) is 0 Å². The predicted molar refractivity (Wildman–Crippen MR) is 193 cm³/mol. The SMILES string of the molecule is CCOc1ccc(N2CC=C[C@H]3S[C@]45C=CCN(c6ccc(N(CC)CC)cc6)C(=O)C4N([C@@H](CO)[C@@H](C)CC)C(=O)[C@@H]5[C@H]3C2=O)cc1. The fourth-order valence-corrected chi connectivity index (χ4v) is 10.0. The Kier molecular flexibility index (Phi) is 9.95. The molecule has 2 saturated heterocycles. The zero-order valence-corrected chi connectivity index (χ0v) is 29.4. The number of amides is 3. The van der Waals surface area contributed by atoms with Crippen molar-refractivity contribution in [3.8, 4) is 5.75 Å². The molecular formula is C38H48N4O5S. The summed E-state index contributed by atoms with van der Waals surface area (Å²) in [6, 6.07) is 14.1. The molecule has 1 N–H and O–H groups in total. The van der Waals surface area contributed by atoms with Crippen LogP contribution in [-0.2, 0) is 14.4 Å². The van der Waals surface area contributed by atoms with E-state index < -0.39 is 28.7 Å². The molecule has 48 heavy (non-hydrogen) atoms. The van der Waals surface area contributed by atoms with Gasteiger partial charge in [-0.15, -0.1) is 11.8 Å². The number of fused-ring (bicyclic) bond motifs is 2. The summed E-state index contributed by atoms with van der Waals surface area (Å²) in [5.74, 6) is -1.30. The van der Waals surface area contributed by atoms with Crippen molar-refractivity contribution in [3.05, 3.63) is 72.8 Å². The number of benzene rings is 2. The summed E-state index contributed by atoms with van der Waals surface area (Å²) in [4.78, 5) is 51.9. The Bertz CT molecular complexity index is 1560. The maximum atomic E-state index is 15.0. The minimum absolute atomic E-state index is 0.0532. The first-order valence-electron chi connectivity index (χ1n) is 17.4. The van der Waals surface area contributed by atoms with Gasteiger partial charge in [0.2, 0.25) is 11.8 Å². The van der Waals surface area contributed by atoms with Crippen LogP contribution in [0.2, 0.25) is 0 Å². The zero-order chi connectivity index (χ0) is 34.2. The largest absolute Gasteiger partial charge is 0.494 e. The van der Waals surface area contributed by atoms with E-state index >= 15 is 0 Å². The lowest BCUT2D eigenvalue weighted by Gasteiger charge is -2.40. The van der Waals surface area contributed by atoms with Gasteiger partial charge in [0.15, 0.2) is 0 Å². The third-order valence-corrected chi connectivity index (χ3v) is 12.4. The Labute approximate surface area is 288 Å². The van der Waals surface area contributed by atoms with Gasteiger partial charge in [0.1, 0.15) is 11.8 Å². The van der Waals surface area contributed by atoms with Crippen LogP contribution in [0.15, 0.2) is 72.8 Å². The normalized spacial score (nSPS) is 27.7. The Morgan fingerprint density at radius 3 is 2.12 bits per heavy atom. The van der Waals surface area contributed by atoms with Crippen molar-refractivity contribution in [1.82, 2.24) is 4.90 Å². The number of nitrogens with zero attached hydrogens (tertiary/aromatic N) is 4. The minimum atomic E-state index is -0.970. The van der Waals surface area contributed by atoms with E-state index in [0.717, 1.165) is 42.3 Å². The van der Waals surface area contributed by atoms with Crippen molar-refractivity contribution >= 4 is 46.5 Å². The van der Waals surface area contributed by atoms with E-state index in [1.165, 1.54) is 0 Å². The maximum Gasteiger partial charge on any atom is 0.251 e. The van der Waals surface area contributed by atoms with Crippen LogP contribution in [0, 0.1) is 17.8 Å². The average Bonchev–Trinajstić information content (AvgIpc) is 3.41. The van der Waals surface area contributed by atoms with Crippen molar-refractivity contribution in [2.75, 3.05) is 54.1 Å². The van der Waals surface area contributed by atoms with Gasteiger partial charge in [-0.3, -0.25) is 14.4 Å². The average molecular weight is 673 g/mol. The molecule has 4 heterocycles. The first-order chi connectivity index (χ1) is 23.2. The smallest absolute Gasteiger partial charge is 0.251 e. The summed E-state index contributed by atoms with van der Waals surface area (Å²) in [5, 5.41) is 10.5. The monoisotopic (exact) mass is 672 g/mol. The number of carbonyl (C=O) groups is 3. The number of ether oxygens (including phenoxy) is 1. The molecule has 7 atom stereocenters. The Balaban J connectivity index is 1.41. The fraction of sp³-hybridized carbons (Fsp3) is 0.500. The van der Waals surface area contributed by atoms with E-state index in [0.29, 0.717) is 19.7 Å². The number of likely N-dealkylation sites (tertiary alicyclic amines) is 1. The quantitative estimate of drug-likeness (QED) is 0.331. The predicted octanol–water partition coefficient (Wildman–Crippen LogP) is 5.14. The first kappa shape index (κ1) is 34.1. The second kappa shape index (κ2) is 14.0. The molecular weight excluding hydrogens is 625 g/mol. The van der Waals surface area contributed by atoms with Crippen LogP contribution < -0.4 is 19.4 Å². The Morgan fingerprint density at radius 1 is 0.896 bits per heavy atom. The van der Waals surface area contributed by atoms with E-state index in [1.54, 1.807) is 26.5 Å². The molecule has 2 aromatic carbocycles. The van der Waals surface area contributed by atoms with Gasteiger partial charge in [-0.2, -0.15) is 0 Å². The van der Waals surface area contributed by atoms with Crippen LogP contribution in [0.3, 0.4) is 0 Å². The molecule has 1 spiro atoms. The van der Waals surface area contributed by atoms with Crippen molar-refractivity contribution in [1.29, 1.82) is 0 Å². The number of carbonyl (C=O) groups excluding carboxylic acids is 3. The van der Waals surface area contributed by atoms with Crippen molar-refractivity contribution in [3.63, 3.8) is 0 Å². The maximum absolute atomic E-state index is 15.0. The fourth-order valence-electron chi connectivity index (χ4n) is 8.03. The van der Waals surface area contributed by atoms with Crippen LogP contribution in [0.5, 0.6) is 5.75 Å². The van der Waals surface area contributed by atoms with E-state index in [-0.39, 0.29) is 35.5 Å². The van der Waals surface area contributed by atoms with Crippen LogP contribution in [0.1, 0.15) is 41.0 Å². The molecule has 1 unspecified atom stereocenters. The van der Waals surface area contributed by atoms with Crippen molar-refractivity contribution in [2.45, 2.75) is 63.1 Å². The topological polar surface area (TPSA) is 93.6 Å². The molecule has 4 aliphatic heterocycles. The van der Waals surface area contributed by atoms with Gasteiger partial charge in [-0.25, -0.2) is 0 Å². The lowest BCUT2D eigenvalue weighted by Crippen LogP contribution is -2.58. The standard InChI is InChI=1S/C38H48N4O5S/c1-6-25(5)30(24-43)42-34-37(46)41(27-15-13-26(14-16-27)39(7-2)8-3)23-11-21-38(34)33(36(42)45)32-31(48-38)12-10-22-40(35(32)44)28-17-19-29(20-18-28)47-9-4/h10-21,25,30-34,43H,6-9,22-24H2,1-5H3/t25-,30-,31+,32-,33-,34?,38-/m0/s1. The molecule has 0 aliphatic carbocycles. The molecule has 0 aromatic heterocycles. The number of thioether (sulfide) groups is 1. The summed E-state index contributed by atoms with van der Waals surface area (Å²) < 4.78 is 4.65. The van der Waals surface area contributed by atoms with Gasteiger partial charge < -0.3 is 29.4 Å². The minimum Gasteiger partial charge on any atom is -0.494 e. The summed E-state index contributed by atoms with van der Waals surface area (Å²) in [5.41, 5.74) is 2.58. The third-order valence-electron chi connectivity index (χ3n) is 10.7. The number of hydrogen-bond acceptors (Lipinski definition) is 7. The van der Waals surface area contributed by atoms with Gasteiger partial charge in [0.25, 0.3) is 5.91 Å². The van der Waals surface area contributed by atoms with Gasteiger partial charge in [-0.05, 0) is 75.2 Å². The summed E-state index contributed by atoms with van der Waals surface area (Å²) in [7, 11) is 0. The number of anilines is 3. The van der Waals surface area contributed by atoms with E-state index in [4.69, 9.17) is 4.74 Å². The lowest BCUT2D eigenvalue weighted by atomic mass is 9.78. The molecule has 0 bridgehead atoms. The number of aliphatic hydroxyl groups is 1. The van der Waals surface area contributed by atoms with Crippen molar-refractivity contribution < 1.29 is 24.2 Å². The molecule has 9 nitrogen and oxygen atoms in total. The zero-order valence-electron chi connectivity index (χ0n) is 28.6. The van der Waals surface area contributed by atoms with Crippen molar-refractivity contribution in [2.24, 2.45) is 17.8 Å². The molecule has 6 rings (SSSR count). The molecule has 0 radical (unpaired) electrons. The highest BCUT2D eigenvalue weighted by molar-refractivity contribution is 8.02. The van der Waals surface area contributed by atoms with Crippen LogP contribution >= 0.6 is 11.8 Å². The molecule has 3 amide bonds. The summed E-state index contributed by atoms with van der Waals surface area (Å²) in [6.07, 6.45) is 8.81. The van der Waals surface area contributed by atoms with Crippen LogP contribution in [0.4, 0.5) is 17.1 Å². The van der Waals surface area contributed by atoms with Gasteiger partial charge >= 0.3 is 0 Å². The first-order valence-corrected chi connectivity index (χ1v) is 18.3. The van der Waals surface area contributed by atoms with Gasteiger partial charge in [0, 0.05) is 48.5 Å².